The van der Waals surface area contributed by atoms with Crippen molar-refractivity contribution >= 4 is 17.1 Å². The lowest BCUT2D eigenvalue weighted by atomic mass is 9.87. The van der Waals surface area contributed by atoms with E-state index >= 15 is 4.39 Å². The molecule has 0 amide bonds. The Morgan fingerprint density at radius 3 is 2.47 bits per heavy atom. The van der Waals surface area contributed by atoms with E-state index in [1.165, 1.54) is 18.2 Å². The summed E-state index contributed by atoms with van der Waals surface area (Å²) >= 11 is 0. The summed E-state index contributed by atoms with van der Waals surface area (Å²) < 4.78 is 34.7. The van der Waals surface area contributed by atoms with Crippen LogP contribution in [0, 0.1) is 0 Å². The first kappa shape index (κ1) is 23.4. The highest BCUT2D eigenvalue weighted by molar-refractivity contribution is 5.76. The molecule has 0 fully saturated rings. The number of anilines is 3. The summed E-state index contributed by atoms with van der Waals surface area (Å²) in [5.74, 6) is 0.155. The van der Waals surface area contributed by atoms with Gasteiger partial charge in [0, 0.05) is 18.2 Å². The van der Waals surface area contributed by atoms with Crippen LogP contribution in [0.25, 0.3) is 0 Å². The van der Waals surface area contributed by atoms with Crippen molar-refractivity contribution in [3.63, 3.8) is 0 Å². The fourth-order valence-electron chi connectivity index (χ4n) is 4.03. The van der Waals surface area contributed by atoms with Crippen molar-refractivity contribution in [3.05, 3.63) is 104 Å². The van der Waals surface area contributed by atoms with Gasteiger partial charge in [0.25, 0.3) is 10.9 Å². The number of nitrogen functional groups attached to an aromatic ring is 1. The Balaban J connectivity index is 1.67. The maximum absolute atomic E-state index is 15.6. The van der Waals surface area contributed by atoms with E-state index in [9.17, 15) is 14.0 Å². The predicted octanol–water partition coefficient (Wildman–Crippen LogP) is 4.21. The fraction of sp³-hybridized carbons (Fsp3) is 0.231. The van der Waals surface area contributed by atoms with Gasteiger partial charge in [-0.25, -0.2) is 8.78 Å². The average Bonchev–Trinajstić information content (AvgIpc) is 2.85. The summed E-state index contributed by atoms with van der Waals surface area (Å²) in [6.45, 7) is 1.67. The molecule has 0 radical (unpaired) electrons. The van der Waals surface area contributed by atoms with Gasteiger partial charge in [0.1, 0.15) is 23.0 Å². The SMILES string of the molecule is COc1ccc(C(NC(C)C2(F)C=CC=C(F)C2)c2cccc(Nc3c(N)c(=O)c3=O)c2)cc1. The molecular formula is C26H25F2N3O3. The van der Waals surface area contributed by atoms with Crippen LogP contribution in [-0.2, 0) is 0 Å². The lowest BCUT2D eigenvalue weighted by Crippen LogP contribution is -2.46. The normalized spacial score (nSPS) is 19.5. The van der Waals surface area contributed by atoms with E-state index in [-0.39, 0.29) is 17.8 Å². The van der Waals surface area contributed by atoms with Crippen molar-refractivity contribution in [1.29, 1.82) is 0 Å². The van der Waals surface area contributed by atoms with Crippen LogP contribution in [0.5, 0.6) is 5.75 Å². The van der Waals surface area contributed by atoms with E-state index in [1.807, 2.05) is 18.2 Å². The molecule has 3 aromatic carbocycles. The number of halogens is 2. The molecular weight excluding hydrogens is 440 g/mol. The van der Waals surface area contributed by atoms with Gasteiger partial charge in [0.15, 0.2) is 5.67 Å². The third-order valence-corrected chi connectivity index (χ3v) is 6.11. The van der Waals surface area contributed by atoms with Crippen molar-refractivity contribution < 1.29 is 13.5 Å². The summed E-state index contributed by atoms with van der Waals surface area (Å²) in [6, 6.07) is 13.3. The molecule has 4 N–H and O–H groups in total. The number of rotatable bonds is 8. The highest BCUT2D eigenvalue weighted by atomic mass is 19.1. The first-order valence-corrected chi connectivity index (χ1v) is 10.8. The van der Waals surface area contributed by atoms with Crippen LogP contribution in [0.1, 0.15) is 30.5 Å². The second kappa shape index (κ2) is 9.23. The highest BCUT2D eigenvalue weighted by Crippen LogP contribution is 2.34. The Hall–Kier alpha value is -3.78. The van der Waals surface area contributed by atoms with Gasteiger partial charge in [-0.15, -0.1) is 0 Å². The van der Waals surface area contributed by atoms with Gasteiger partial charge in [0.05, 0.1) is 13.2 Å². The van der Waals surface area contributed by atoms with E-state index in [1.54, 1.807) is 44.4 Å². The zero-order valence-corrected chi connectivity index (χ0v) is 18.8. The molecule has 6 nitrogen and oxygen atoms in total. The van der Waals surface area contributed by atoms with Crippen molar-refractivity contribution in [2.75, 3.05) is 18.2 Å². The third kappa shape index (κ3) is 4.49. The van der Waals surface area contributed by atoms with Gasteiger partial charge in [0.2, 0.25) is 0 Å². The zero-order valence-electron chi connectivity index (χ0n) is 18.8. The predicted molar refractivity (Wildman–Crippen MR) is 130 cm³/mol. The molecule has 4 rings (SSSR count). The lowest BCUT2D eigenvalue weighted by Gasteiger charge is -2.34. The van der Waals surface area contributed by atoms with Crippen LogP contribution in [-0.4, -0.2) is 18.8 Å². The molecule has 0 aromatic heterocycles. The average molecular weight is 466 g/mol. The quantitative estimate of drug-likeness (QED) is 0.432. The van der Waals surface area contributed by atoms with Gasteiger partial charge >= 0.3 is 0 Å². The Labute approximate surface area is 195 Å². The molecule has 1 aliphatic rings. The number of methoxy groups -OCH3 is 1. The second-order valence-corrected chi connectivity index (χ2v) is 8.37. The summed E-state index contributed by atoms with van der Waals surface area (Å²) in [7, 11) is 1.57. The first-order chi connectivity index (χ1) is 16.2. The van der Waals surface area contributed by atoms with Crippen molar-refractivity contribution in [3.8, 4) is 5.75 Å². The minimum atomic E-state index is -1.91. The van der Waals surface area contributed by atoms with Crippen LogP contribution >= 0.6 is 0 Å². The van der Waals surface area contributed by atoms with Gasteiger partial charge in [-0.05, 0) is 54.5 Å². The van der Waals surface area contributed by atoms with Gasteiger partial charge < -0.3 is 21.1 Å². The number of benzene rings is 2. The maximum Gasteiger partial charge on any atom is 0.253 e. The van der Waals surface area contributed by atoms with Crippen LogP contribution < -0.4 is 32.0 Å². The summed E-state index contributed by atoms with van der Waals surface area (Å²) in [6.07, 6.45) is 3.66. The van der Waals surface area contributed by atoms with E-state index in [0.717, 1.165) is 11.1 Å². The highest BCUT2D eigenvalue weighted by Gasteiger charge is 2.37. The molecule has 0 spiro atoms. The molecule has 0 bridgehead atoms. The first-order valence-electron chi connectivity index (χ1n) is 10.8. The maximum atomic E-state index is 15.6. The Kier molecular flexibility index (Phi) is 6.34. The number of hydrogen-bond acceptors (Lipinski definition) is 6. The molecule has 0 saturated carbocycles. The number of hydrogen-bond donors (Lipinski definition) is 3. The third-order valence-electron chi connectivity index (χ3n) is 6.11. The monoisotopic (exact) mass is 465 g/mol. The molecule has 0 aliphatic heterocycles. The Morgan fingerprint density at radius 2 is 1.82 bits per heavy atom. The topological polar surface area (TPSA) is 93.4 Å². The molecule has 1 aliphatic carbocycles. The van der Waals surface area contributed by atoms with E-state index in [4.69, 9.17) is 10.5 Å². The standard InChI is InChI=1S/C26H25F2N3O3/c1-15(26(28)12-4-6-18(27)14-26)30-22(16-8-10-20(34-2)11-9-16)17-5-3-7-19(13-17)31-23-21(29)24(32)25(23)33/h3-13,15,22,30-31H,14,29H2,1-2H3. The summed E-state index contributed by atoms with van der Waals surface area (Å²) in [5.41, 5.74) is 4.45. The number of ether oxygens (including phenoxy) is 1. The van der Waals surface area contributed by atoms with Crippen molar-refractivity contribution in [1.82, 2.24) is 5.32 Å². The van der Waals surface area contributed by atoms with Crippen LogP contribution in [0.15, 0.2) is 82.2 Å². The van der Waals surface area contributed by atoms with Gasteiger partial charge in [-0.1, -0.05) is 30.3 Å². The minimum Gasteiger partial charge on any atom is -0.497 e. The minimum absolute atomic E-state index is 0.0572. The van der Waals surface area contributed by atoms with Crippen molar-refractivity contribution in [2.24, 2.45) is 0 Å². The van der Waals surface area contributed by atoms with Crippen LogP contribution in [0.4, 0.5) is 25.8 Å². The van der Waals surface area contributed by atoms with Gasteiger partial charge in [-0.3, -0.25) is 9.59 Å². The molecule has 3 aromatic rings. The van der Waals surface area contributed by atoms with E-state index in [2.05, 4.69) is 10.6 Å². The van der Waals surface area contributed by atoms with E-state index in [0.29, 0.717) is 11.4 Å². The lowest BCUT2D eigenvalue weighted by molar-refractivity contribution is 0.153. The Morgan fingerprint density at radius 1 is 1.09 bits per heavy atom. The Bertz CT molecular complexity index is 1330. The van der Waals surface area contributed by atoms with Gasteiger partial charge in [-0.2, -0.15) is 0 Å². The van der Waals surface area contributed by atoms with Crippen LogP contribution in [0.2, 0.25) is 0 Å². The molecule has 34 heavy (non-hydrogen) atoms. The zero-order chi connectivity index (χ0) is 24.5. The van der Waals surface area contributed by atoms with E-state index < -0.39 is 34.4 Å². The number of nitrogens with two attached hydrogens (primary N) is 1. The molecule has 0 heterocycles. The number of allylic oxidation sites excluding steroid dienone is 3. The van der Waals surface area contributed by atoms with Crippen LogP contribution in [0.3, 0.4) is 0 Å². The second-order valence-electron chi connectivity index (χ2n) is 8.37. The molecule has 176 valence electrons. The fourth-order valence-corrected chi connectivity index (χ4v) is 4.03. The summed E-state index contributed by atoms with van der Waals surface area (Å²) in [4.78, 5) is 23.2. The largest absolute Gasteiger partial charge is 0.497 e. The molecule has 8 heteroatoms. The smallest absolute Gasteiger partial charge is 0.253 e. The number of alkyl halides is 1. The molecule has 0 saturated heterocycles. The van der Waals surface area contributed by atoms with Crippen molar-refractivity contribution in [2.45, 2.75) is 31.1 Å². The molecule has 3 atom stereocenters. The summed E-state index contributed by atoms with van der Waals surface area (Å²) in [5, 5.41) is 6.20. The molecule has 3 unspecified atom stereocenters. The number of nitrogens with one attached hydrogen (secondary N) is 2.